The zero-order chi connectivity index (χ0) is 16.1. The predicted molar refractivity (Wildman–Crippen MR) is 94.8 cm³/mol. The van der Waals surface area contributed by atoms with E-state index in [-0.39, 0.29) is 24.3 Å². The van der Waals surface area contributed by atoms with Gasteiger partial charge in [-0.15, -0.1) is 12.4 Å². The van der Waals surface area contributed by atoms with Crippen LogP contribution in [-0.4, -0.2) is 29.9 Å². The fourth-order valence-electron chi connectivity index (χ4n) is 2.52. The summed E-state index contributed by atoms with van der Waals surface area (Å²) in [5.41, 5.74) is 5.46. The van der Waals surface area contributed by atoms with Crippen LogP contribution in [0.25, 0.3) is 0 Å². The quantitative estimate of drug-likeness (QED) is 0.361. The number of rotatable bonds is 4. The average molecular weight is 381 g/mol. The molecule has 1 aliphatic heterocycles. The molecule has 0 amide bonds. The number of piperidine rings is 1. The Labute approximate surface area is 152 Å². The minimum atomic E-state index is -0.293. The molecular weight excluding hydrogens is 361 g/mol. The Morgan fingerprint density at radius 1 is 1.35 bits per heavy atom. The molecule has 1 aliphatic rings. The summed E-state index contributed by atoms with van der Waals surface area (Å²) >= 11 is 11.8. The molecule has 5 nitrogen and oxygen atoms in total. The van der Waals surface area contributed by atoms with Crippen LogP contribution in [0.1, 0.15) is 25.7 Å². The van der Waals surface area contributed by atoms with Crippen molar-refractivity contribution < 1.29 is 9.53 Å². The maximum Gasteiger partial charge on any atom is 0.311 e. The highest BCUT2D eigenvalue weighted by atomic mass is 35.5. The van der Waals surface area contributed by atoms with Crippen molar-refractivity contribution in [1.29, 1.82) is 5.41 Å². The van der Waals surface area contributed by atoms with E-state index in [4.69, 9.17) is 39.1 Å². The SMILES string of the molecule is Cl.N=C(N)N1CCC(CCC(=O)Oc2ccc(Cl)cc2Cl)CC1. The summed E-state index contributed by atoms with van der Waals surface area (Å²) in [5, 5.41) is 8.22. The van der Waals surface area contributed by atoms with E-state index in [0.29, 0.717) is 28.1 Å². The number of halogens is 3. The molecule has 0 unspecified atom stereocenters. The molecule has 8 heteroatoms. The molecule has 0 saturated carbocycles. The number of guanidine groups is 1. The Morgan fingerprint density at radius 2 is 2.00 bits per heavy atom. The zero-order valence-electron chi connectivity index (χ0n) is 12.6. The Bertz CT molecular complexity index is 561. The average Bonchev–Trinajstić information content (AvgIpc) is 2.48. The number of ether oxygens (including phenoxy) is 1. The summed E-state index contributed by atoms with van der Waals surface area (Å²) in [6, 6.07) is 4.77. The van der Waals surface area contributed by atoms with Gasteiger partial charge < -0.3 is 15.4 Å². The van der Waals surface area contributed by atoms with Crippen molar-refractivity contribution in [2.24, 2.45) is 11.7 Å². The summed E-state index contributed by atoms with van der Waals surface area (Å²) in [6.45, 7) is 1.55. The number of hydrogen-bond donors (Lipinski definition) is 2. The summed E-state index contributed by atoms with van der Waals surface area (Å²) in [6.07, 6.45) is 3.00. The molecule has 0 atom stereocenters. The Morgan fingerprint density at radius 3 is 2.57 bits per heavy atom. The van der Waals surface area contributed by atoms with E-state index >= 15 is 0 Å². The standard InChI is InChI=1S/C15H19Cl2N3O2.ClH/c16-11-2-3-13(12(17)9-11)22-14(21)4-1-10-5-7-20(8-6-10)15(18)19;/h2-3,9-10H,1,4-8H2,(H3,18,19);1H. The Kier molecular flexibility index (Phi) is 7.95. The second kappa shape index (κ2) is 9.21. The number of hydrogen-bond acceptors (Lipinski definition) is 3. The van der Waals surface area contributed by atoms with Crippen molar-refractivity contribution in [2.75, 3.05) is 13.1 Å². The lowest BCUT2D eigenvalue weighted by Gasteiger charge is -2.31. The number of carbonyl (C=O) groups excluding carboxylic acids is 1. The fourth-order valence-corrected chi connectivity index (χ4v) is 2.96. The molecule has 23 heavy (non-hydrogen) atoms. The third kappa shape index (κ3) is 6.09. The summed E-state index contributed by atoms with van der Waals surface area (Å²) in [5.74, 6) is 0.625. The van der Waals surface area contributed by atoms with E-state index < -0.39 is 0 Å². The lowest BCUT2D eigenvalue weighted by molar-refractivity contribution is -0.134. The molecule has 0 radical (unpaired) electrons. The van der Waals surface area contributed by atoms with Crippen LogP contribution in [0, 0.1) is 11.3 Å². The number of benzene rings is 1. The number of nitrogens with zero attached hydrogens (tertiary/aromatic N) is 1. The molecule has 1 heterocycles. The molecule has 1 saturated heterocycles. The Balaban J connectivity index is 0.00000264. The number of esters is 1. The second-order valence-corrected chi connectivity index (χ2v) is 6.25. The first-order chi connectivity index (χ1) is 10.5. The largest absolute Gasteiger partial charge is 0.425 e. The lowest BCUT2D eigenvalue weighted by Crippen LogP contribution is -2.42. The molecule has 2 rings (SSSR count). The van der Waals surface area contributed by atoms with E-state index in [2.05, 4.69) is 0 Å². The normalized spacial score (nSPS) is 15.0. The van der Waals surface area contributed by atoms with Crippen molar-refractivity contribution in [3.05, 3.63) is 28.2 Å². The minimum absolute atomic E-state index is 0. The number of carbonyl (C=O) groups is 1. The monoisotopic (exact) mass is 379 g/mol. The van der Waals surface area contributed by atoms with Crippen molar-refractivity contribution in [3.63, 3.8) is 0 Å². The number of nitrogens with one attached hydrogen (secondary N) is 1. The molecule has 1 fully saturated rings. The number of likely N-dealkylation sites (tertiary alicyclic amines) is 1. The molecule has 3 N–H and O–H groups in total. The van der Waals surface area contributed by atoms with Gasteiger partial charge in [0.1, 0.15) is 5.75 Å². The zero-order valence-corrected chi connectivity index (χ0v) is 14.9. The highest BCUT2D eigenvalue weighted by Gasteiger charge is 2.21. The first-order valence-corrected chi connectivity index (χ1v) is 7.96. The lowest BCUT2D eigenvalue weighted by atomic mass is 9.92. The molecule has 0 bridgehead atoms. The third-order valence-electron chi connectivity index (χ3n) is 3.83. The molecule has 0 spiro atoms. The van der Waals surface area contributed by atoms with Crippen molar-refractivity contribution in [2.45, 2.75) is 25.7 Å². The van der Waals surface area contributed by atoms with E-state index in [1.165, 1.54) is 0 Å². The van der Waals surface area contributed by atoms with Gasteiger partial charge in [-0.3, -0.25) is 10.2 Å². The molecule has 128 valence electrons. The highest BCUT2D eigenvalue weighted by molar-refractivity contribution is 6.35. The summed E-state index contributed by atoms with van der Waals surface area (Å²) < 4.78 is 5.26. The van der Waals surface area contributed by atoms with Crippen LogP contribution in [0.5, 0.6) is 5.75 Å². The molecule has 0 aliphatic carbocycles. The molecule has 0 aromatic heterocycles. The van der Waals surface area contributed by atoms with Gasteiger partial charge >= 0.3 is 5.97 Å². The van der Waals surface area contributed by atoms with Gasteiger partial charge in [-0.05, 0) is 43.4 Å². The highest BCUT2D eigenvalue weighted by Crippen LogP contribution is 2.28. The van der Waals surface area contributed by atoms with Crippen LogP contribution >= 0.6 is 35.6 Å². The van der Waals surface area contributed by atoms with Crippen LogP contribution in [-0.2, 0) is 4.79 Å². The van der Waals surface area contributed by atoms with Gasteiger partial charge in [0.15, 0.2) is 5.96 Å². The van der Waals surface area contributed by atoms with Crippen LogP contribution in [0.2, 0.25) is 10.0 Å². The van der Waals surface area contributed by atoms with Gasteiger partial charge in [-0.2, -0.15) is 0 Å². The second-order valence-electron chi connectivity index (χ2n) is 5.40. The fraction of sp³-hybridized carbons (Fsp3) is 0.467. The summed E-state index contributed by atoms with van der Waals surface area (Å²) in [7, 11) is 0. The van der Waals surface area contributed by atoms with Gasteiger partial charge in [-0.1, -0.05) is 23.2 Å². The van der Waals surface area contributed by atoms with E-state index in [0.717, 1.165) is 32.4 Å². The maximum absolute atomic E-state index is 11.9. The maximum atomic E-state index is 11.9. The number of nitrogens with two attached hydrogens (primary N) is 1. The van der Waals surface area contributed by atoms with Crippen molar-refractivity contribution in [1.82, 2.24) is 4.90 Å². The van der Waals surface area contributed by atoms with E-state index in [1.807, 2.05) is 4.90 Å². The first kappa shape index (κ1) is 19.9. The van der Waals surface area contributed by atoms with Crippen LogP contribution in [0.4, 0.5) is 0 Å². The smallest absolute Gasteiger partial charge is 0.311 e. The molecule has 1 aromatic carbocycles. The van der Waals surface area contributed by atoms with Gasteiger partial charge in [0.25, 0.3) is 0 Å². The molecule has 1 aromatic rings. The van der Waals surface area contributed by atoms with Gasteiger partial charge in [0.2, 0.25) is 0 Å². The first-order valence-electron chi connectivity index (χ1n) is 7.20. The predicted octanol–water partition coefficient (Wildman–Crippen LogP) is 3.71. The van der Waals surface area contributed by atoms with E-state index in [1.54, 1.807) is 18.2 Å². The third-order valence-corrected chi connectivity index (χ3v) is 4.36. The van der Waals surface area contributed by atoms with Crippen molar-refractivity contribution >= 4 is 47.5 Å². The van der Waals surface area contributed by atoms with E-state index in [9.17, 15) is 4.79 Å². The van der Waals surface area contributed by atoms with Crippen molar-refractivity contribution in [3.8, 4) is 5.75 Å². The van der Waals surface area contributed by atoms with Crippen LogP contribution in [0.3, 0.4) is 0 Å². The van der Waals surface area contributed by atoms with Gasteiger partial charge in [0.05, 0.1) is 5.02 Å². The Hall–Kier alpha value is -1.17. The van der Waals surface area contributed by atoms with Gasteiger partial charge in [0, 0.05) is 24.5 Å². The molecular formula is C15H20Cl3N3O2. The van der Waals surface area contributed by atoms with Crippen LogP contribution < -0.4 is 10.5 Å². The van der Waals surface area contributed by atoms with Gasteiger partial charge in [-0.25, -0.2) is 0 Å². The van der Waals surface area contributed by atoms with Crippen LogP contribution in [0.15, 0.2) is 18.2 Å². The summed E-state index contributed by atoms with van der Waals surface area (Å²) in [4.78, 5) is 13.7. The topological polar surface area (TPSA) is 79.4 Å². The minimum Gasteiger partial charge on any atom is -0.425 e.